The summed E-state index contributed by atoms with van der Waals surface area (Å²) in [6, 6.07) is 15.8. The van der Waals surface area contributed by atoms with E-state index in [2.05, 4.69) is 4.72 Å². The van der Waals surface area contributed by atoms with Crippen molar-refractivity contribution >= 4 is 21.6 Å². The molecular formula is C17H18N2O3S. The molecule has 1 N–H and O–H groups in total. The van der Waals surface area contributed by atoms with E-state index in [-0.39, 0.29) is 17.3 Å². The van der Waals surface area contributed by atoms with E-state index in [1.165, 1.54) is 12.1 Å². The lowest BCUT2D eigenvalue weighted by molar-refractivity contribution is -0.117. The van der Waals surface area contributed by atoms with Gasteiger partial charge >= 0.3 is 0 Å². The summed E-state index contributed by atoms with van der Waals surface area (Å²) in [5.41, 5.74) is 1.64. The molecule has 0 bridgehead atoms. The fraction of sp³-hybridized carbons (Fsp3) is 0.235. The first-order chi connectivity index (χ1) is 11.1. The molecule has 0 atom stereocenters. The second-order valence-corrected chi connectivity index (χ2v) is 7.22. The Kier molecular flexibility index (Phi) is 4.45. The topological polar surface area (TPSA) is 66.5 Å². The van der Waals surface area contributed by atoms with Crippen LogP contribution in [0.3, 0.4) is 0 Å². The van der Waals surface area contributed by atoms with Gasteiger partial charge < -0.3 is 4.90 Å². The summed E-state index contributed by atoms with van der Waals surface area (Å²) in [5, 5.41) is 0. The van der Waals surface area contributed by atoms with E-state index >= 15 is 0 Å². The van der Waals surface area contributed by atoms with Crippen LogP contribution in [0.2, 0.25) is 0 Å². The van der Waals surface area contributed by atoms with E-state index in [1.807, 2.05) is 30.3 Å². The van der Waals surface area contributed by atoms with E-state index in [0.29, 0.717) is 13.0 Å². The van der Waals surface area contributed by atoms with Gasteiger partial charge in [0.15, 0.2) is 0 Å². The highest BCUT2D eigenvalue weighted by Gasteiger charge is 2.22. The molecule has 2 aromatic carbocycles. The van der Waals surface area contributed by atoms with E-state index in [4.69, 9.17) is 0 Å². The summed E-state index contributed by atoms with van der Waals surface area (Å²) < 4.78 is 27.2. The molecule has 0 radical (unpaired) electrons. The third-order valence-electron chi connectivity index (χ3n) is 3.84. The second-order valence-electron chi connectivity index (χ2n) is 5.45. The van der Waals surface area contributed by atoms with E-state index in [0.717, 1.165) is 17.7 Å². The van der Waals surface area contributed by atoms with Crippen LogP contribution in [0, 0.1) is 0 Å². The molecule has 5 nitrogen and oxygen atoms in total. The van der Waals surface area contributed by atoms with Crippen molar-refractivity contribution in [2.45, 2.75) is 24.3 Å². The summed E-state index contributed by atoms with van der Waals surface area (Å²) in [6.45, 7) is 0.937. The molecule has 1 saturated heterocycles. The fourth-order valence-electron chi connectivity index (χ4n) is 2.58. The molecule has 1 aliphatic heterocycles. The first-order valence-corrected chi connectivity index (χ1v) is 8.99. The fourth-order valence-corrected chi connectivity index (χ4v) is 3.60. The number of carbonyl (C=O) groups is 1. The van der Waals surface area contributed by atoms with Crippen molar-refractivity contribution in [1.82, 2.24) is 4.72 Å². The molecule has 2 aromatic rings. The molecule has 0 spiro atoms. The monoisotopic (exact) mass is 330 g/mol. The first kappa shape index (κ1) is 15.7. The Morgan fingerprint density at radius 1 is 1.00 bits per heavy atom. The average molecular weight is 330 g/mol. The Morgan fingerprint density at radius 3 is 2.30 bits per heavy atom. The molecule has 0 aromatic heterocycles. The van der Waals surface area contributed by atoms with Crippen molar-refractivity contribution in [3.63, 3.8) is 0 Å². The van der Waals surface area contributed by atoms with Gasteiger partial charge in [-0.25, -0.2) is 13.1 Å². The zero-order valence-corrected chi connectivity index (χ0v) is 13.4. The summed E-state index contributed by atoms with van der Waals surface area (Å²) in [7, 11) is -3.57. The third-order valence-corrected chi connectivity index (χ3v) is 5.26. The van der Waals surface area contributed by atoms with Gasteiger partial charge in [-0.3, -0.25) is 4.79 Å². The van der Waals surface area contributed by atoms with Gasteiger partial charge in [-0.2, -0.15) is 0 Å². The van der Waals surface area contributed by atoms with Crippen molar-refractivity contribution in [3.8, 4) is 0 Å². The SMILES string of the molecule is O=C1CCCN1c1ccc(S(=O)(=O)NCc2ccccc2)cc1. The Morgan fingerprint density at radius 2 is 1.70 bits per heavy atom. The van der Waals surface area contributed by atoms with Gasteiger partial charge in [0.05, 0.1) is 4.90 Å². The zero-order valence-electron chi connectivity index (χ0n) is 12.6. The predicted octanol–water partition coefficient (Wildman–Crippen LogP) is 2.29. The van der Waals surface area contributed by atoms with Gasteiger partial charge in [0.1, 0.15) is 0 Å². The van der Waals surface area contributed by atoms with Crippen molar-refractivity contribution in [3.05, 3.63) is 60.2 Å². The summed E-state index contributed by atoms with van der Waals surface area (Å²) in [6.07, 6.45) is 1.40. The first-order valence-electron chi connectivity index (χ1n) is 7.50. The maximum atomic E-state index is 12.3. The number of sulfonamides is 1. The van der Waals surface area contributed by atoms with Crippen molar-refractivity contribution in [2.75, 3.05) is 11.4 Å². The standard InChI is InChI=1S/C17H18N2O3S/c20-17-7-4-12-19(17)15-8-10-16(11-9-15)23(21,22)18-13-14-5-2-1-3-6-14/h1-3,5-6,8-11,18H,4,7,12-13H2. The van der Waals surface area contributed by atoms with Crippen LogP contribution in [0.15, 0.2) is 59.5 Å². The lowest BCUT2D eigenvalue weighted by Crippen LogP contribution is -2.25. The largest absolute Gasteiger partial charge is 0.312 e. The Hall–Kier alpha value is -2.18. The molecule has 0 aliphatic carbocycles. The predicted molar refractivity (Wildman–Crippen MR) is 88.5 cm³/mol. The van der Waals surface area contributed by atoms with Gasteiger partial charge in [-0.05, 0) is 36.2 Å². The van der Waals surface area contributed by atoms with Crippen LogP contribution in [0.5, 0.6) is 0 Å². The highest BCUT2D eigenvalue weighted by molar-refractivity contribution is 7.89. The zero-order chi connectivity index (χ0) is 16.3. The molecule has 3 rings (SSSR count). The third kappa shape index (κ3) is 3.60. The number of rotatable bonds is 5. The van der Waals surface area contributed by atoms with Crippen LogP contribution in [-0.2, 0) is 21.4 Å². The maximum absolute atomic E-state index is 12.3. The summed E-state index contributed by atoms with van der Waals surface area (Å²) >= 11 is 0. The van der Waals surface area contributed by atoms with Crippen LogP contribution >= 0.6 is 0 Å². The molecule has 0 saturated carbocycles. The van der Waals surface area contributed by atoms with Crippen LogP contribution in [-0.4, -0.2) is 20.9 Å². The number of hydrogen-bond donors (Lipinski definition) is 1. The molecule has 0 unspecified atom stereocenters. The molecular weight excluding hydrogens is 312 g/mol. The average Bonchev–Trinajstić information content (AvgIpc) is 3.00. The normalized spacial score (nSPS) is 15.1. The smallest absolute Gasteiger partial charge is 0.240 e. The number of hydrogen-bond acceptors (Lipinski definition) is 3. The minimum absolute atomic E-state index is 0.0859. The van der Waals surface area contributed by atoms with E-state index in [1.54, 1.807) is 17.0 Å². The maximum Gasteiger partial charge on any atom is 0.240 e. The lowest BCUT2D eigenvalue weighted by Gasteiger charge is -2.16. The number of nitrogens with one attached hydrogen (secondary N) is 1. The van der Waals surface area contributed by atoms with E-state index < -0.39 is 10.0 Å². The number of carbonyl (C=O) groups excluding carboxylic acids is 1. The molecule has 1 heterocycles. The van der Waals surface area contributed by atoms with Crippen molar-refractivity contribution in [1.29, 1.82) is 0 Å². The Labute approximate surface area is 136 Å². The Bertz CT molecular complexity index is 786. The highest BCUT2D eigenvalue weighted by Crippen LogP contribution is 2.23. The molecule has 6 heteroatoms. The Balaban J connectivity index is 1.71. The molecule has 120 valence electrons. The van der Waals surface area contributed by atoms with Gasteiger partial charge in [-0.15, -0.1) is 0 Å². The lowest BCUT2D eigenvalue weighted by atomic mass is 10.2. The summed E-state index contributed by atoms with van der Waals surface area (Å²) in [5.74, 6) is 0.0859. The van der Waals surface area contributed by atoms with Crippen molar-refractivity contribution < 1.29 is 13.2 Å². The minimum Gasteiger partial charge on any atom is -0.312 e. The van der Waals surface area contributed by atoms with Gasteiger partial charge in [0.25, 0.3) is 0 Å². The van der Waals surface area contributed by atoms with Crippen LogP contribution in [0.25, 0.3) is 0 Å². The summed E-state index contributed by atoms with van der Waals surface area (Å²) in [4.78, 5) is 13.6. The number of nitrogens with zero attached hydrogens (tertiary/aromatic N) is 1. The number of anilines is 1. The quantitative estimate of drug-likeness (QED) is 0.915. The molecule has 1 amide bonds. The molecule has 1 fully saturated rings. The van der Waals surface area contributed by atoms with Crippen LogP contribution in [0.4, 0.5) is 5.69 Å². The van der Waals surface area contributed by atoms with Gasteiger partial charge in [0.2, 0.25) is 15.9 Å². The number of benzene rings is 2. The highest BCUT2D eigenvalue weighted by atomic mass is 32.2. The van der Waals surface area contributed by atoms with Gasteiger partial charge in [-0.1, -0.05) is 30.3 Å². The van der Waals surface area contributed by atoms with Gasteiger partial charge in [0, 0.05) is 25.2 Å². The number of amides is 1. The minimum atomic E-state index is -3.57. The van der Waals surface area contributed by atoms with Crippen LogP contribution < -0.4 is 9.62 Å². The second kappa shape index (κ2) is 6.52. The van der Waals surface area contributed by atoms with E-state index in [9.17, 15) is 13.2 Å². The van der Waals surface area contributed by atoms with Crippen molar-refractivity contribution in [2.24, 2.45) is 0 Å². The molecule has 1 aliphatic rings. The van der Waals surface area contributed by atoms with Crippen LogP contribution in [0.1, 0.15) is 18.4 Å². The molecule has 23 heavy (non-hydrogen) atoms.